The zero-order valence-corrected chi connectivity index (χ0v) is 14.1. The van der Waals surface area contributed by atoms with E-state index in [4.69, 9.17) is 0 Å². The molecule has 1 aromatic heterocycles. The normalized spacial score (nSPS) is 27.1. The highest BCUT2D eigenvalue weighted by Gasteiger charge is 2.37. The standard InChI is InChI=1S/C19H24N4O/c1-22-13-15(12-20-22)23-11-10-18(19(23)24)21-17-9-5-8-16(17)14-6-3-2-4-7-14/h2-4,6-7,12-13,16-18,21H,5,8-11H2,1H3/t16-,17+,18-/m0/s1. The fourth-order valence-corrected chi connectivity index (χ4v) is 4.16. The van der Waals surface area contributed by atoms with Crippen molar-refractivity contribution in [1.29, 1.82) is 0 Å². The van der Waals surface area contributed by atoms with Crippen LogP contribution in [0.15, 0.2) is 42.7 Å². The van der Waals surface area contributed by atoms with Crippen LogP contribution < -0.4 is 10.2 Å². The Bertz CT molecular complexity index is 711. The maximum Gasteiger partial charge on any atom is 0.244 e. The van der Waals surface area contributed by atoms with E-state index in [1.54, 1.807) is 10.9 Å². The van der Waals surface area contributed by atoms with Gasteiger partial charge in [-0.3, -0.25) is 9.48 Å². The molecule has 0 spiro atoms. The number of nitrogens with zero attached hydrogens (tertiary/aromatic N) is 3. The van der Waals surface area contributed by atoms with E-state index in [1.165, 1.54) is 18.4 Å². The number of nitrogens with one attached hydrogen (secondary N) is 1. The second kappa shape index (κ2) is 6.40. The van der Waals surface area contributed by atoms with Gasteiger partial charge in [-0.15, -0.1) is 0 Å². The van der Waals surface area contributed by atoms with Gasteiger partial charge in [-0.25, -0.2) is 0 Å². The van der Waals surface area contributed by atoms with Crippen LogP contribution in [0.5, 0.6) is 0 Å². The first-order valence-electron chi connectivity index (χ1n) is 8.83. The van der Waals surface area contributed by atoms with Gasteiger partial charge in [0.25, 0.3) is 0 Å². The summed E-state index contributed by atoms with van der Waals surface area (Å²) in [6.07, 6.45) is 8.12. The van der Waals surface area contributed by atoms with Crippen LogP contribution in [0.25, 0.3) is 0 Å². The minimum atomic E-state index is -0.0699. The smallest absolute Gasteiger partial charge is 0.244 e. The molecule has 2 heterocycles. The van der Waals surface area contributed by atoms with Gasteiger partial charge in [0.15, 0.2) is 0 Å². The van der Waals surface area contributed by atoms with Crippen LogP contribution in [0.1, 0.15) is 37.2 Å². The van der Waals surface area contributed by atoms with Gasteiger partial charge in [-0.1, -0.05) is 36.8 Å². The summed E-state index contributed by atoms with van der Waals surface area (Å²) in [5.41, 5.74) is 2.29. The van der Waals surface area contributed by atoms with Gasteiger partial charge in [0.05, 0.1) is 17.9 Å². The first-order valence-corrected chi connectivity index (χ1v) is 8.83. The van der Waals surface area contributed by atoms with Gasteiger partial charge in [0.2, 0.25) is 5.91 Å². The Labute approximate surface area is 142 Å². The number of rotatable bonds is 4. The summed E-state index contributed by atoms with van der Waals surface area (Å²) in [6, 6.07) is 11.0. The summed E-state index contributed by atoms with van der Waals surface area (Å²) in [6.45, 7) is 0.769. The molecule has 1 amide bonds. The number of hydrogen-bond donors (Lipinski definition) is 1. The molecular formula is C19H24N4O. The number of carbonyl (C=O) groups is 1. The van der Waals surface area contributed by atoms with Crippen LogP contribution in [-0.4, -0.2) is 34.3 Å². The Morgan fingerprint density at radius 2 is 2.00 bits per heavy atom. The van der Waals surface area contributed by atoms with Crippen molar-refractivity contribution in [3.8, 4) is 0 Å². The summed E-state index contributed by atoms with van der Waals surface area (Å²) >= 11 is 0. The summed E-state index contributed by atoms with van der Waals surface area (Å²) in [5, 5.41) is 7.84. The van der Waals surface area contributed by atoms with E-state index in [-0.39, 0.29) is 11.9 Å². The Hall–Kier alpha value is -2.14. The zero-order chi connectivity index (χ0) is 16.5. The lowest BCUT2D eigenvalue weighted by molar-refractivity contribution is -0.119. The van der Waals surface area contributed by atoms with Crippen molar-refractivity contribution in [2.24, 2.45) is 7.05 Å². The van der Waals surface area contributed by atoms with E-state index in [0.29, 0.717) is 12.0 Å². The molecule has 0 unspecified atom stereocenters. The molecule has 1 aliphatic heterocycles. The van der Waals surface area contributed by atoms with Crippen LogP contribution in [0.2, 0.25) is 0 Å². The molecule has 1 N–H and O–H groups in total. The molecule has 3 atom stereocenters. The Kier molecular flexibility index (Phi) is 4.10. The molecule has 1 saturated heterocycles. The highest BCUT2D eigenvalue weighted by Crippen LogP contribution is 2.35. The number of anilines is 1. The predicted molar refractivity (Wildman–Crippen MR) is 93.9 cm³/mol. The summed E-state index contributed by atoms with van der Waals surface area (Å²) in [4.78, 5) is 14.6. The summed E-state index contributed by atoms with van der Waals surface area (Å²) < 4.78 is 1.74. The number of aromatic nitrogens is 2. The van der Waals surface area contributed by atoms with Crippen molar-refractivity contribution in [3.63, 3.8) is 0 Å². The third kappa shape index (κ3) is 2.84. The summed E-state index contributed by atoms with van der Waals surface area (Å²) in [7, 11) is 1.88. The Balaban J connectivity index is 1.45. The Morgan fingerprint density at radius 3 is 2.75 bits per heavy atom. The Morgan fingerprint density at radius 1 is 1.17 bits per heavy atom. The average Bonchev–Trinajstić information content (AvgIpc) is 3.31. The maximum atomic E-state index is 12.8. The molecule has 2 aliphatic rings. The number of aryl methyl sites for hydroxylation is 1. The lowest BCUT2D eigenvalue weighted by atomic mass is 9.93. The van der Waals surface area contributed by atoms with Crippen LogP contribution in [0.3, 0.4) is 0 Å². The third-order valence-corrected chi connectivity index (χ3v) is 5.37. The SMILES string of the molecule is Cn1cc(N2CC[C@H](N[C@@H]3CCC[C@H]3c3ccccc3)C2=O)cn1. The second-order valence-electron chi connectivity index (χ2n) is 6.92. The monoisotopic (exact) mass is 324 g/mol. The zero-order valence-electron chi connectivity index (χ0n) is 14.1. The van der Waals surface area contributed by atoms with E-state index >= 15 is 0 Å². The minimum absolute atomic E-state index is 0.0699. The molecule has 1 aromatic carbocycles. The number of amides is 1. The minimum Gasteiger partial charge on any atom is -0.308 e. The van der Waals surface area contributed by atoms with Crippen LogP contribution in [0.4, 0.5) is 5.69 Å². The molecule has 24 heavy (non-hydrogen) atoms. The van der Waals surface area contributed by atoms with Crippen molar-refractivity contribution in [3.05, 3.63) is 48.3 Å². The lowest BCUT2D eigenvalue weighted by Gasteiger charge is -2.24. The van der Waals surface area contributed by atoms with E-state index in [2.05, 4.69) is 40.7 Å². The third-order valence-electron chi connectivity index (χ3n) is 5.37. The van der Waals surface area contributed by atoms with Crippen molar-refractivity contribution < 1.29 is 4.79 Å². The van der Waals surface area contributed by atoms with E-state index in [1.807, 2.05) is 18.1 Å². The van der Waals surface area contributed by atoms with Crippen molar-refractivity contribution >= 4 is 11.6 Å². The molecule has 126 valence electrons. The van der Waals surface area contributed by atoms with Crippen molar-refractivity contribution in [2.75, 3.05) is 11.4 Å². The van der Waals surface area contributed by atoms with Crippen LogP contribution in [-0.2, 0) is 11.8 Å². The van der Waals surface area contributed by atoms with Gasteiger partial charge in [-0.05, 0) is 30.7 Å². The molecule has 1 saturated carbocycles. The molecule has 1 aliphatic carbocycles. The van der Waals surface area contributed by atoms with Gasteiger partial charge in [0, 0.05) is 25.8 Å². The second-order valence-corrected chi connectivity index (χ2v) is 6.92. The number of carbonyl (C=O) groups excluding carboxylic acids is 1. The first-order chi connectivity index (χ1) is 11.7. The molecule has 0 radical (unpaired) electrons. The molecule has 4 rings (SSSR count). The highest BCUT2D eigenvalue weighted by molar-refractivity contribution is 5.99. The average molecular weight is 324 g/mol. The number of benzene rings is 1. The van der Waals surface area contributed by atoms with Crippen LogP contribution >= 0.6 is 0 Å². The fraction of sp³-hybridized carbons (Fsp3) is 0.474. The lowest BCUT2D eigenvalue weighted by Crippen LogP contribution is -2.44. The molecule has 2 fully saturated rings. The van der Waals surface area contributed by atoms with Gasteiger partial charge >= 0.3 is 0 Å². The predicted octanol–water partition coefficient (Wildman–Crippen LogP) is 2.45. The van der Waals surface area contributed by atoms with E-state index < -0.39 is 0 Å². The quantitative estimate of drug-likeness (QED) is 0.940. The fourth-order valence-electron chi connectivity index (χ4n) is 4.16. The van der Waals surface area contributed by atoms with Crippen LogP contribution in [0, 0.1) is 0 Å². The van der Waals surface area contributed by atoms with Gasteiger partial charge in [0.1, 0.15) is 0 Å². The molecule has 5 nitrogen and oxygen atoms in total. The largest absolute Gasteiger partial charge is 0.308 e. The molecule has 2 aromatic rings. The first kappa shape index (κ1) is 15.4. The summed E-state index contributed by atoms with van der Waals surface area (Å²) in [5.74, 6) is 0.702. The van der Waals surface area contributed by atoms with Gasteiger partial charge in [-0.2, -0.15) is 5.10 Å². The molecular weight excluding hydrogens is 300 g/mol. The van der Waals surface area contributed by atoms with E-state index in [9.17, 15) is 4.79 Å². The van der Waals surface area contributed by atoms with Crippen molar-refractivity contribution in [2.45, 2.75) is 43.7 Å². The highest BCUT2D eigenvalue weighted by atomic mass is 16.2. The topological polar surface area (TPSA) is 50.2 Å². The molecule has 0 bridgehead atoms. The molecule has 5 heteroatoms. The van der Waals surface area contributed by atoms with Gasteiger partial charge < -0.3 is 10.2 Å². The van der Waals surface area contributed by atoms with E-state index in [0.717, 1.165) is 25.1 Å². The number of hydrogen-bond acceptors (Lipinski definition) is 3. The maximum absolute atomic E-state index is 12.8. The van der Waals surface area contributed by atoms with Crippen molar-refractivity contribution in [1.82, 2.24) is 15.1 Å².